The number of nitrogens with zero attached hydrogens (tertiary/aromatic N) is 4. The van der Waals surface area contributed by atoms with Gasteiger partial charge in [-0.15, -0.1) is 10.2 Å². The largest absolute Gasteiger partial charge is 0.424 e. The van der Waals surface area contributed by atoms with Crippen LogP contribution in [0.5, 0.6) is 0 Å². The molecular weight excluding hydrogens is 216 g/mol. The summed E-state index contributed by atoms with van der Waals surface area (Å²) in [5.41, 5.74) is 1.22. The molecule has 1 unspecified atom stereocenters. The van der Waals surface area contributed by atoms with Crippen molar-refractivity contribution in [2.24, 2.45) is 0 Å². The number of aryl methyl sites for hydroxylation is 1. The van der Waals surface area contributed by atoms with Crippen LogP contribution in [0.15, 0.2) is 28.9 Å². The Morgan fingerprint density at radius 1 is 1.29 bits per heavy atom. The second kappa shape index (κ2) is 5.05. The molecule has 2 aromatic rings. The summed E-state index contributed by atoms with van der Waals surface area (Å²) in [5.74, 6) is 1.25. The van der Waals surface area contributed by atoms with Crippen LogP contribution in [0.25, 0.3) is 0 Å². The van der Waals surface area contributed by atoms with E-state index >= 15 is 0 Å². The molecule has 0 aliphatic carbocycles. The fourth-order valence-electron chi connectivity index (χ4n) is 1.65. The van der Waals surface area contributed by atoms with Crippen LogP contribution >= 0.6 is 0 Å². The van der Waals surface area contributed by atoms with E-state index in [1.165, 1.54) is 5.56 Å². The molecule has 0 radical (unpaired) electrons. The zero-order chi connectivity index (χ0) is 12.3. The quantitative estimate of drug-likeness (QED) is 0.806. The monoisotopic (exact) mass is 232 g/mol. The van der Waals surface area contributed by atoms with Gasteiger partial charge in [0.15, 0.2) is 0 Å². The molecule has 0 amide bonds. The van der Waals surface area contributed by atoms with Gasteiger partial charge in [0.25, 0.3) is 0 Å². The van der Waals surface area contributed by atoms with Gasteiger partial charge < -0.3 is 4.42 Å². The van der Waals surface area contributed by atoms with E-state index in [0.29, 0.717) is 18.3 Å². The van der Waals surface area contributed by atoms with Gasteiger partial charge in [-0.05, 0) is 31.7 Å². The van der Waals surface area contributed by atoms with E-state index in [2.05, 4.69) is 27.0 Å². The van der Waals surface area contributed by atoms with Gasteiger partial charge in [0.1, 0.15) is 0 Å². The fourth-order valence-corrected chi connectivity index (χ4v) is 1.65. The Morgan fingerprint density at radius 3 is 2.59 bits per heavy atom. The van der Waals surface area contributed by atoms with Crippen molar-refractivity contribution in [1.29, 1.82) is 0 Å². The lowest BCUT2D eigenvalue weighted by molar-refractivity contribution is 0.226. The molecule has 2 heterocycles. The first kappa shape index (κ1) is 11.7. The lowest BCUT2D eigenvalue weighted by Gasteiger charge is -2.23. The maximum atomic E-state index is 5.36. The molecule has 0 bridgehead atoms. The minimum absolute atomic E-state index is 0.283. The molecular formula is C12H16N4O. The van der Waals surface area contributed by atoms with Crippen LogP contribution in [0.3, 0.4) is 0 Å². The Labute approximate surface area is 100 Å². The third-order valence-electron chi connectivity index (χ3n) is 2.80. The molecule has 0 aliphatic heterocycles. The van der Waals surface area contributed by atoms with Crippen LogP contribution in [0.4, 0.5) is 0 Å². The van der Waals surface area contributed by atoms with E-state index in [9.17, 15) is 0 Å². The van der Waals surface area contributed by atoms with Gasteiger partial charge in [-0.1, -0.05) is 0 Å². The van der Waals surface area contributed by atoms with Crippen LogP contribution in [0.2, 0.25) is 0 Å². The first-order chi connectivity index (χ1) is 8.16. The van der Waals surface area contributed by atoms with E-state index in [4.69, 9.17) is 4.42 Å². The van der Waals surface area contributed by atoms with Gasteiger partial charge in [-0.3, -0.25) is 9.88 Å². The average Bonchev–Trinajstić information content (AvgIpc) is 2.75. The highest BCUT2D eigenvalue weighted by atomic mass is 16.4. The van der Waals surface area contributed by atoms with E-state index in [0.717, 1.165) is 0 Å². The van der Waals surface area contributed by atoms with Crippen LogP contribution in [0, 0.1) is 6.92 Å². The summed E-state index contributed by atoms with van der Waals surface area (Å²) in [6, 6.07) is 4.31. The van der Waals surface area contributed by atoms with E-state index in [1.54, 1.807) is 19.3 Å². The third kappa shape index (κ3) is 2.88. The number of hydrogen-bond donors (Lipinski definition) is 0. The minimum atomic E-state index is 0.283. The Balaban J connectivity index is 2.03. The van der Waals surface area contributed by atoms with Gasteiger partial charge in [0.05, 0.1) is 6.54 Å². The maximum Gasteiger partial charge on any atom is 0.230 e. The predicted octanol–water partition coefficient (Wildman–Crippen LogP) is 1.97. The van der Waals surface area contributed by atoms with Crippen molar-refractivity contribution in [1.82, 2.24) is 20.1 Å². The van der Waals surface area contributed by atoms with Crippen LogP contribution < -0.4 is 0 Å². The normalized spacial score (nSPS) is 12.9. The smallest absolute Gasteiger partial charge is 0.230 e. The second-order valence-electron chi connectivity index (χ2n) is 4.09. The van der Waals surface area contributed by atoms with Gasteiger partial charge in [-0.25, -0.2) is 0 Å². The molecule has 90 valence electrons. The van der Waals surface area contributed by atoms with Gasteiger partial charge in [-0.2, -0.15) is 0 Å². The van der Waals surface area contributed by atoms with Gasteiger partial charge in [0.2, 0.25) is 11.8 Å². The molecule has 0 spiro atoms. The molecule has 0 saturated heterocycles. The molecule has 5 heteroatoms. The average molecular weight is 232 g/mol. The fraction of sp³-hybridized carbons (Fsp3) is 0.417. The highest BCUT2D eigenvalue weighted by molar-refractivity contribution is 5.14. The van der Waals surface area contributed by atoms with Crippen LogP contribution in [-0.4, -0.2) is 27.1 Å². The van der Waals surface area contributed by atoms with E-state index in [-0.39, 0.29) is 6.04 Å². The van der Waals surface area contributed by atoms with Crippen LogP contribution in [-0.2, 0) is 6.54 Å². The molecule has 2 rings (SSSR count). The number of rotatable bonds is 4. The zero-order valence-electron chi connectivity index (χ0n) is 10.3. The molecule has 0 fully saturated rings. The zero-order valence-corrected chi connectivity index (χ0v) is 10.3. The van der Waals surface area contributed by atoms with Gasteiger partial charge in [0, 0.05) is 25.4 Å². The maximum absolute atomic E-state index is 5.36. The standard InChI is InChI=1S/C12H16N4O/c1-9(11-4-6-13-7-5-11)16(3)8-12-15-14-10(2)17-12/h4-7,9H,8H2,1-3H3. The topological polar surface area (TPSA) is 55.1 Å². The lowest BCUT2D eigenvalue weighted by atomic mass is 10.1. The number of aromatic nitrogens is 3. The van der Waals surface area contributed by atoms with E-state index < -0.39 is 0 Å². The molecule has 1 atom stereocenters. The first-order valence-corrected chi connectivity index (χ1v) is 5.56. The van der Waals surface area contributed by atoms with Gasteiger partial charge >= 0.3 is 0 Å². The van der Waals surface area contributed by atoms with Crippen molar-refractivity contribution >= 4 is 0 Å². The lowest BCUT2D eigenvalue weighted by Crippen LogP contribution is -2.22. The first-order valence-electron chi connectivity index (χ1n) is 5.56. The summed E-state index contributed by atoms with van der Waals surface area (Å²) in [6.07, 6.45) is 3.60. The summed E-state index contributed by atoms with van der Waals surface area (Å²) >= 11 is 0. The summed E-state index contributed by atoms with van der Waals surface area (Å²) < 4.78 is 5.36. The highest BCUT2D eigenvalue weighted by Gasteiger charge is 2.14. The molecule has 17 heavy (non-hydrogen) atoms. The van der Waals surface area contributed by atoms with Crippen LogP contribution in [0.1, 0.15) is 30.3 Å². The number of pyridine rings is 1. The molecule has 5 nitrogen and oxygen atoms in total. The Morgan fingerprint density at radius 2 is 2.00 bits per heavy atom. The summed E-state index contributed by atoms with van der Waals surface area (Å²) in [7, 11) is 2.03. The van der Waals surface area contributed by atoms with E-state index in [1.807, 2.05) is 19.2 Å². The molecule has 0 N–H and O–H groups in total. The summed E-state index contributed by atoms with van der Waals surface area (Å²) in [5, 5.41) is 7.81. The number of hydrogen-bond acceptors (Lipinski definition) is 5. The van der Waals surface area contributed by atoms with Crippen molar-refractivity contribution in [2.75, 3.05) is 7.05 Å². The molecule has 0 aromatic carbocycles. The Hall–Kier alpha value is -1.75. The SMILES string of the molecule is Cc1nnc(CN(C)C(C)c2ccncc2)o1. The molecule has 0 saturated carbocycles. The van der Waals surface area contributed by atoms with Crippen molar-refractivity contribution < 1.29 is 4.42 Å². The van der Waals surface area contributed by atoms with Crippen molar-refractivity contribution in [3.8, 4) is 0 Å². The predicted molar refractivity (Wildman–Crippen MR) is 63.2 cm³/mol. The van der Waals surface area contributed by atoms with Crippen molar-refractivity contribution in [2.45, 2.75) is 26.4 Å². The Kier molecular flexibility index (Phi) is 3.49. The molecule has 2 aromatic heterocycles. The van der Waals surface area contributed by atoms with Crippen molar-refractivity contribution in [3.05, 3.63) is 41.9 Å². The Bertz CT molecular complexity index is 468. The summed E-state index contributed by atoms with van der Waals surface area (Å²) in [4.78, 5) is 6.17. The summed E-state index contributed by atoms with van der Waals surface area (Å²) in [6.45, 7) is 4.58. The highest BCUT2D eigenvalue weighted by Crippen LogP contribution is 2.19. The molecule has 0 aliphatic rings. The minimum Gasteiger partial charge on any atom is -0.424 e. The van der Waals surface area contributed by atoms with Crippen molar-refractivity contribution in [3.63, 3.8) is 0 Å². The second-order valence-corrected chi connectivity index (χ2v) is 4.09. The third-order valence-corrected chi connectivity index (χ3v) is 2.80.